The van der Waals surface area contributed by atoms with E-state index in [1.807, 2.05) is 18.2 Å². The molecule has 10 heteroatoms. The molecular formula is C29H43N6O4+. The van der Waals surface area contributed by atoms with E-state index in [1.165, 1.54) is 4.68 Å². The number of fused-ring (bicyclic) bond motifs is 1. The summed E-state index contributed by atoms with van der Waals surface area (Å²) in [5.74, 6) is 1.53. The van der Waals surface area contributed by atoms with Gasteiger partial charge in [0.15, 0.2) is 12.3 Å². The number of aryl methyl sites for hydroxylation is 1. The highest BCUT2D eigenvalue weighted by molar-refractivity contribution is 5.97. The number of benzene rings is 1. The van der Waals surface area contributed by atoms with E-state index in [2.05, 4.69) is 56.6 Å². The third-order valence-corrected chi connectivity index (χ3v) is 7.31. The topological polar surface area (TPSA) is 108 Å². The third-order valence-electron chi connectivity index (χ3n) is 7.31. The van der Waals surface area contributed by atoms with Gasteiger partial charge in [0.05, 0.1) is 26.0 Å². The number of hydrogen-bond donors (Lipinski definition) is 1. The van der Waals surface area contributed by atoms with Gasteiger partial charge in [0.1, 0.15) is 11.9 Å². The van der Waals surface area contributed by atoms with Crippen molar-refractivity contribution in [3.8, 4) is 11.6 Å². The van der Waals surface area contributed by atoms with E-state index < -0.39 is 0 Å². The molecule has 1 aliphatic rings. The fourth-order valence-electron chi connectivity index (χ4n) is 4.90. The molecule has 1 aromatic carbocycles. The van der Waals surface area contributed by atoms with Crippen LogP contribution in [0.5, 0.6) is 11.6 Å². The molecule has 3 heterocycles. The Hall–Kier alpha value is -3.40. The number of ketones is 1. The number of hydrogen-bond acceptors (Lipinski definition) is 8. The van der Waals surface area contributed by atoms with Gasteiger partial charge in [-0.3, -0.25) is 10.5 Å². The quantitative estimate of drug-likeness (QED) is 0.307. The standard InChI is InChI=1S/C29H42N6O4/c1-8-19-17-25-31-34(28(30)35(25)32-27(19)39-21(9-2)10-3)18-24(36)20-15-22(29(4,5)6)26(37-7)23(16-20)33-11-13-38-14-12-33/h15-17,21,30H,8-14,18H2,1-7H3/p+1. The molecule has 0 aliphatic carbocycles. The largest absolute Gasteiger partial charge is 0.494 e. The van der Waals surface area contributed by atoms with E-state index in [-0.39, 0.29) is 29.8 Å². The molecule has 0 unspecified atom stereocenters. The van der Waals surface area contributed by atoms with E-state index in [1.54, 1.807) is 11.6 Å². The smallest absolute Gasteiger partial charge is 0.401 e. The number of nitrogen functional groups attached to an aromatic ring is 1. The molecule has 1 aliphatic heterocycles. The minimum absolute atomic E-state index is 0.0160. The van der Waals surface area contributed by atoms with Crippen LogP contribution in [0.1, 0.15) is 75.9 Å². The lowest BCUT2D eigenvalue weighted by molar-refractivity contribution is -0.723. The molecule has 0 atom stereocenters. The molecule has 0 spiro atoms. The fraction of sp³-hybridized carbons (Fsp3) is 0.586. The molecule has 212 valence electrons. The van der Waals surface area contributed by atoms with Gasteiger partial charge in [0, 0.05) is 35.8 Å². The minimum Gasteiger partial charge on any atom is -0.494 e. The van der Waals surface area contributed by atoms with Crippen molar-refractivity contribution in [2.24, 2.45) is 0 Å². The average Bonchev–Trinajstić information content (AvgIpc) is 3.23. The van der Waals surface area contributed by atoms with Crippen LogP contribution in [0.4, 0.5) is 11.6 Å². The normalized spacial score (nSPS) is 14.3. The molecule has 2 N–H and O–H groups in total. The summed E-state index contributed by atoms with van der Waals surface area (Å²) in [6, 6.07) is 5.79. The number of rotatable bonds is 10. The van der Waals surface area contributed by atoms with Gasteiger partial charge in [-0.15, -0.1) is 4.68 Å². The Morgan fingerprint density at radius 3 is 2.44 bits per heavy atom. The predicted octanol–water partition coefficient (Wildman–Crippen LogP) is 3.75. The second-order valence-electron chi connectivity index (χ2n) is 11.0. The summed E-state index contributed by atoms with van der Waals surface area (Å²) in [7, 11) is 1.68. The first-order valence-electron chi connectivity index (χ1n) is 13.9. The van der Waals surface area contributed by atoms with Crippen molar-refractivity contribution in [1.29, 1.82) is 0 Å². The molecule has 2 aromatic heterocycles. The predicted molar refractivity (Wildman–Crippen MR) is 151 cm³/mol. The van der Waals surface area contributed by atoms with Crippen LogP contribution in [-0.4, -0.2) is 60.0 Å². The van der Waals surface area contributed by atoms with Crippen LogP contribution in [0.15, 0.2) is 18.2 Å². The van der Waals surface area contributed by atoms with Gasteiger partial charge in [-0.1, -0.05) is 56.3 Å². The lowest BCUT2D eigenvalue weighted by Crippen LogP contribution is -2.42. The molecule has 0 bridgehead atoms. The number of nitrogens with zero attached hydrogens (tertiary/aromatic N) is 5. The number of morpholine rings is 1. The number of aromatic nitrogens is 4. The van der Waals surface area contributed by atoms with Crippen molar-refractivity contribution in [2.45, 2.75) is 78.9 Å². The van der Waals surface area contributed by atoms with E-state index in [4.69, 9.17) is 19.9 Å². The van der Waals surface area contributed by atoms with Crippen LogP contribution < -0.4 is 24.8 Å². The van der Waals surface area contributed by atoms with Gasteiger partial charge in [-0.25, -0.2) is 0 Å². The summed E-state index contributed by atoms with van der Waals surface area (Å²) in [6.07, 6.45) is 2.60. The maximum atomic E-state index is 13.7. The number of carbonyl (C=O) groups is 1. The van der Waals surface area contributed by atoms with Gasteiger partial charge in [-0.05, 0) is 36.8 Å². The third kappa shape index (κ3) is 5.95. The van der Waals surface area contributed by atoms with Crippen molar-refractivity contribution < 1.29 is 23.7 Å². The second-order valence-corrected chi connectivity index (χ2v) is 11.0. The summed E-state index contributed by atoms with van der Waals surface area (Å²) in [6.45, 7) is 15.3. The number of methoxy groups -OCH3 is 1. The molecule has 0 amide bonds. The highest BCUT2D eigenvalue weighted by Crippen LogP contribution is 2.40. The highest BCUT2D eigenvalue weighted by atomic mass is 16.5. The van der Waals surface area contributed by atoms with Gasteiger partial charge >= 0.3 is 5.95 Å². The van der Waals surface area contributed by atoms with Gasteiger partial charge in [0.2, 0.25) is 0 Å². The van der Waals surface area contributed by atoms with Crippen LogP contribution >= 0.6 is 0 Å². The van der Waals surface area contributed by atoms with Gasteiger partial charge in [0.25, 0.3) is 11.5 Å². The molecule has 0 radical (unpaired) electrons. The first kappa shape index (κ1) is 28.6. The summed E-state index contributed by atoms with van der Waals surface area (Å²) in [4.78, 5) is 15.9. The molecule has 39 heavy (non-hydrogen) atoms. The van der Waals surface area contributed by atoms with Crippen molar-refractivity contribution in [3.05, 3.63) is 34.9 Å². The van der Waals surface area contributed by atoms with Crippen LogP contribution in [0, 0.1) is 0 Å². The maximum absolute atomic E-state index is 13.7. The first-order valence-corrected chi connectivity index (χ1v) is 13.9. The SMILES string of the molecule is CCc1cc2n[n+](CC(=O)c3cc(N4CCOCC4)c(OC)c(C(C)(C)C)c3)c(N)n2nc1OC(CC)CC. The second kappa shape index (κ2) is 11.8. The Bertz CT molecular complexity index is 1320. The zero-order chi connectivity index (χ0) is 28.3. The number of Topliss-reactive ketones (excluding diaryl/α,β-unsaturated/α-hetero) is 1. The number of carbonyl (C=O) groups excluding carboxylic acids is 1. The Labute approximate surface area is 231 Å². The molecule has 10 nitrogen and oxygen atoms in total. The minimum atomic E-state index is -0.232. The van der Waals surface area contributed by atoms with E-state index >= 15 is 0 Å². The summed E-state index contributed by atoms with van der Waals surface area (Å²) < 4.78 is 20.7. The number of ether oxygens (including phenoxy) is 3. The average molecular weight is 540 g/mol. The van der Waals surface area contributed by atoms with Gasteiger partial charge < -0.3 is 19.1 Å². The van der Waals surface area contributed by atoms with Crippen LogP contribution in [0.3, 0.4) is 0 Å². The van der Waals surface area contributed by atoms with Crippen molar-refractivity contribution >= 4 is 23.1 Å². The van der Waals surface area contributed by atoms with Crippen molar-refractivity contribution in [2.75, 3.05) is 44.0 Å². The van der Waals surface area contributed by atoms with E-state index in [9.17, 15) is 4.79 Å². The molecule has 1 fully saturated rings. The zero-order valence-corrected chi connectivity index (χ0v) is 24.4. The first-order chi connectivity index (χ1) is 18.6. The summed E-state index contributed by atoms with van der Waals surface area (Å²) >= 11 is 0. The monoisotopic (exact) mass is 539 g/mol. The fourth-order valence-corrected chi connectivity index (χ4v) is 4.90. The van der Waals surface area contributed by atoms with Crippen LogP contribution in [-0.2, 0) is 23.1 Å². The molecule has 4 rings (SSSR count). The molecule has 1 saturated heterocycles. The summed E-state index contributed by atoms with van der Waals surface area (Å²) in [5.41, 5.74) is 10.2. The van der Waals surface area contributed by atoms with Crippen molar-refractivity contribution in [1.82, 2.24) is 14.7 Å². The molecule has 3 aromatic rings. The highest BCUT2D eigenvalue weighted by Gasteiger charge is 2.29. The molecule has 0 saturated carbocycles. The summed E-state index contributed by atoms with van der Waals surface area (Å²) in [5, 5.41) is 9.29. The number of anilines is 2. The number of nitrogens with two attached hydrogens (primary N) is 1. The lowest BCUT2D eigenvalue weighted by atomic mass is 9.84. The Morgan fingerprint density at radius 2 is 1.85 bits per heavy atom. The maximum Gasteiger partial charge on any atom is 0.401 e. The Morgan fingerprint density at radius 1 is 1.15 bits per heavy atom. The molecular weight excluding hydrogens is 496 g/mol. The van der Waals surface area contributed by atoms with Crippen LogP contribution in [0.25, 0.3) is 5.65 Å². The van der Waals surface area contributed by atoms with Crippen molar-refractivity contribution in [3.63, 3.8) is 0 Å². The lowest BCUT2D eigenvalue weighted by Gasteiger charge is -2.33. The van der Waals surface area contributed by atoms with E-state index in [0.717, 1.165) is 54.9 Å². The zero-order valence-electron chi connectivity index (χ0n) is 24.4. The van der Waals surface area contributed by atoms with Gasteiger partial charge in [-0.2, -0.15) is 0 Å². The van der Waals surface area contributed by atoms with E-state index in [0.29, 0.717) is 30.3 Å². The Kier molecular flexibility index (Phi) is 8.64. The Balaban J connectivity index is 1.72. The van der Waals surface area contributed by atoms with Crippen LogP contribution in [0.2, 0.25) is 0 Å².